The van der Waals surface area contributed by atoms with Crippen LogP contribution in [-0.4, -0.2) is 18.7 Å². The van der Waals surface area contributed by atoms with Crippen LogP contribution in [0, 0.1) is 12.3 Å². The fraction of sp³-hybridized carbons (Fsp3) is 0.286. The van der Waals surface area contributed by atoms with Crippen LogP contribution in [0.4, 0.5) is 0 Å². The van der Waals surface area contributed by atoms with Crippen LogP contribution in [-0.2, 0) is 11.3 Å². The molecule has 0 saturated heterocycles. The first-order valence-electron chi connectivity index (χ1n) is 5.81. The van der Waals surface area contributed by atoms with Gasteiger partial charge in [0.15, 0.2) is 0 Å². The number of nitrogens with one attached hydrogen (secondary N) is 3. The quantitative estimate of drug-likeness (QED) is 0.546. The molecular weight excluding hydrogens is 226 g/mol. The summed E-state index contributed by atoms with van der Waals surface area (Å²) >= 11 is 0. The standard InChI is InChI=1S/C14H19N3O/c1-10-5-4-6-12(7-10)8-17-14(18)13(9-16-3)11(2)15/h4-7,9,15-16H,8H2,1-3H3,(H,17,18)/b13-9+,15-11?. The maximum absolute atomic E-state index is 11.9. The zero-order chi connectivity index (χ0) is 13.5. The minimum Gasteiger partial charge on any atom is -0.393 e. The zero-order valence-corrected chi connectivity index (χ0v) is 11.0. The zero-order valence-electron chi connectivity index (χ0n) is 11.0. The molecule has 1 aromatic rings. The number of rotatable bonds is 5. The van der Waals surface area contributed by atoms with Gasteiger partial charge in [0.2, 0.25) is 0 Å². The second-order valence-electron chi connectivity index (χ2n) is 4.14. The molecule has 0 aliphatic rings. The van der Waals surface area contributed by atoms with Gasteiger partial charge in [-0.1, -0.05) is 29.8 Å². The summed E-state index contributed by atoms with van der Waals surface area (Å²) in [6.07, 6.45) is 1.54. The highest BCUT2D eigenvalue weighted by Crippen LogP contribution is 2.04. The number of aryl methyl sites for hydroxylation is 1. The van der Waals surface area contributed by atoms with Gasteiger partial charge in [-0.15, -0.1) is 0 Å². The predicted molar refractivity (Wildman–Crippen MR) is 73.6 cm³/mol. The van der Waals surface area contributed by atoms with E-state index >= 15 is 0 Å². The molecule has 4 nitrogen and oxygen atoms in total. The van der Waals surface area contributed by atoms with E-state index in [4.69, 9.17) is 5.41 Å². The van der Waals surface area contributed by atoms with E-state index in [2.05, 4.69) is 10.6 Å². The first kappa shape index (κ1) is 14.0. The minimum absolute atomic E-state index is 0.238. The molecule has 1 amide bonds. The Morgan fingerprint density at radius 1 is 1.44 bits per heavy atom. The number of benzene rings is 1. The van der Waals surface area contributed by atoms with Crippen molar-refractivity contribution in [1.82, 2.24) is 10.6 Å². The Kier molecular flexibility index (Phi) is 5.11. The van der Waals surface area contributed by atoms with Crippen LogP contribution < -0.4 is 10.6 Å². The third kappa shape index (κ3) is 4.05. The lowest BCUT2D eigenvalue weighted by Gasteiger charge is -2.08. The van der Waals surface area contributed by atoms with Crippen LogP contribution in [0.1, 0.15) is 18.1 Å². The highest BCUT2D eigenvalue weighted by atomic mass is 16.1. The van der Waals surface area contributed by atoms with Gasteiger partial charge < -0.3 is 16.0 Å². The summed E-state index contributed by atoms with van der Waals surface area (Å²) < 4.78 is 0. The third-order valence-electron chi connectivity index (χ3n) is 2.47. The molecule has 0 atom stereocenters. The number of carbonyl (C=O) groups excluding carboxylic acids is 1. The average Bonchev–Trinajstić information content (AvgIpc) is 2.32. The molecule has 0 aliphatic heterocycles. The van der Waals surface area contributed by atoms with Gasteiger partial charge in [0.05, 0.1) is 5.57 Å². The predicted octanol–water partition coefficient (Wildman–Crippen LogP) is 1.75. The molecule has 0 aliphatic carbocycles. The number of carbonyl (C=O) groups is 1. The van der Waals surface area contributed by atoms with Crippen molar-refractivity contribution in [3.8, 4) is 0 Å². The highest BCUT2D eigenvalue weighted by molar-refractivity contribution is 6.19. The molecule has 4 heteroatoms. The number of amides is 1. The van der Waals surface area contributed by atoms with Crippen molar-refractivity contribution >= 4 is 11.6 Å². The molecule has 0 saturated carbocycles. The van der Waals surface area contributed by atoms with Gasteiger partial charge in [-0.2, -0.15) is 0 Å². The third-order valence-corrected chi connectivity index (χ3v) is 2.47. The first-order chi connectivity index (χ1) is 8.54. The van der Waals surface area contributed by atoms with Crippen molar-refractivity contribution in [2.24, 2.45) is 0 Å². The van der Waals surface area contributed by atoms with Crippen LogP contribution in [0.15, 0.2) is 36.0 Å². The molecule has 0 fully saturated rings. The molecule has 1 aromatic carbocycles. The van der Waals surface area contributed by atoms with Crippen molar-refractivity contribution in [1.29, 1.82) is 5.41 Å². The van der Waals surface area contributed by atoms with E-state index in [9.17, 15) is 4.79 Å². The van der Waals surface area contributed by atoms with Gasteiger partial charge in [-0.05, 0) is 19.4 Å². The Balaban J connectivity index is 2.65. The van der Waals surface area contributed by atoms with Crippen molar-refractivity contribution in [2.45, 2.75) is 20.4 Å². The number of hydrogen-bond donors (Lipinski definition) is 3. The summed E-state index contributed by atoms with van der Waals surface area (Å²) in [6, 6.07) is 7.97. The summed E-state index contributed by atoms with van der Waals surface area (Å²) in [4.78, 5) is 11.9. The van der Waals surface area contributed by atoms with Gasteiger partial charge in [0.25, 0.3) is 5.91 Å². The van der Waals surface area contributed by atoms with Gasteiger partial charge in [0.1, 0.15) is 0 Å². The average molecular weight is 245 g/mol. The lowest BCUT2D eigenvalue weighted by atomic mass is 10.1. The summed E-state index contributed by atoms with van der Waals surface area (Å²) in [5.74, 6) is -0.238. The molecule has 0 heterocycles. The summed E-state index contributed by atoms with van der Waals surface area (Å²) in [7, 11) is 1.71. The molecule has 0 spiro atoms. The largest absolute Gasteiger partial charge is 0.393 e. The van der Waals surface area contributed by atoms with Crippen molar-refractivity contribution in [2.75, 3.05) is 7.05 Å². The van der Waals surface area contributed by atoms with Crippen LogP contribution >= 0.6 is 0 Å². The topological polar surface area (TPSA) is 65.0 Å². The van der Waals surface area contributed by atoms with E-state index in [0.29, 0.717) is 12.1 Å². The Hall–Kier alpha value is -2.10. The molecule has 96 valence electrons. The van der Waals surface area contributed by atoms with Crippen molar-refractivity contribution in [3.05, 3.63) is 47.2 Å². The van der Waals surface area contributed by atoms with E-state index in [1.165, 1.54) is 6.20 Å². The normalized spacial score (nSPS) is 10.9. The van der Waals surface area contributed by atoms with Crippen LogP contribution in [0.2, 0.25) is 0 Å². The molecule has 1 rings (SSSR count). The lowest BCUT2D eigenvalue weighted by molar-refractivity contribution is -0.117. The fourth-order valence-corrected chi connectivity index (χ4v) is 1.59. The van der Waals surface area contributed by atoms with E-state index in [-0.39, 0.29) is 11.6 Å². The van der Waals surface area contributed by atoms with Crippen molar-refractivity contribution in [3.63, 3.8) is 0 Å². The maximum Gasteiger partial charge on any atom is 0.254 e. The van der Waals surface area contributed by atoms with Gasteiger partial charge in [-0.25, -0.2) is 0 Å². The van der Waals surface area contributed by atoms with Gasteiger partial charge >= 0.3 is 0 Å². The van der Waals surface area contributed by atoms with Gasteiger partial charge in [-0.3, -0.25) is 4.79 Å². The van der Waals surface area contributed by atoms with Gasteiger partial charge in [0, 0.05) is 25.5 Å². The van der Waals surface area contributed by atoms with E-state index in [1.54, 1.807) is 14.0 Å². The van der Waals surface area contributed by atoms with Crippen molar-refractivity contribution < 1.29 is 4.79 Å². The Morgan fingerprint density at radius 2 is 2.17 bits per heavy atom. The summed E-state index contributed by atoms with van der Waals surface area (Å²) in [5.41, 5.74) is 2.81. The highest BCUT2D eigenvalue weighted by Gasteiger charge is 2.10. The first-order valence-corrected chi connectivity index (χ1v) is 5.81. The Labute approximate surface area is 108 Å². The SMILES string of the molecule is CN/C=C(\C(C)=N)C(=O)NCc1cccc(C)c1. The van der Waals surface area contributed by atoms with Crippen LogP contribution in [0.3, 0.4) is 0 Å². The second-order valence-corrected chi connectivity index (χ2v) is 4.14. The number of hydrogen-bond acceptors (Lipinski definition) is 3. The van der Waals surface area contributed by atoms with Crippen LogP contribution in [0.25, 0.3) is 0 Å². The maximum atomic E-state index is 11.9. The second kappa shape index (κ2) is 6.59. The molecule has 18 heavy (non-hydrogen) atoms. The molecule has 0 bridgehead atoms. The van der Waals surface area contributed by atoms with E-state index in [1.807, 2.05) is 31.2 Å². The Bertz CT molecular complexity index is 478. The van der Waals surface area contributed by atoms with E-state index < -0.39 is 0 Å². The Morgan fingerprint density at radius 3 is 2.72 bits per heavy atom. The molecule has 0 unspecified atom stereocenters. The fourth-order valence-electron chi connectivity index (χ4n) is 1.59. The smallest absolute Gasteiger partial charge is 0.254 e. The molecule has 3 N–H and O–H groups in total. The van der Waals surface area contributed by atoms with E-state index in [0.717, 1.165) is 11.1 Å². The minimum atomic E-state index is -0.238. The lowest BCUT2D eigenvalue weighted by Crippen LogP contribution is -2.28. The monoisotopic (exact) mass is 245 g/mol. The summed E-state index contributed by atoms with van der Waals surface area (Å²) in [5, 5.41) is 13.1. The molecule has 0 aromatic heterocycles. The summed E-state index contributed by atoms with van der Waals surface area (Å²) in [6.45, 7) is 4.07. The van der Waals surface area contributed by atoms with Crippen LogP contribution in [0.5, 0.6) is 0 Å². The molecular formula is C14H19N3O. The molecule has 0 radical (unpaired) electrons.